The van der Waals surface area contributed by atoms with Crippen LogP contribution in [-0.4, -0.2) is 36.4 Å². The molecule has 0 saturated heterocycles. The molecule has 0 saturated carbocycles. The van der Waals surface area contributed by atoms with Gasteiger partial charge in [0.15, 0.2) is 0 Å². The number of likely N-dealkylation sites (N-methyl/N-ethyl adjacent to an activating group) is 1. The molecule has 0 radical (unpaired) electrons. The number of amides is 1. The van der Waals surface area contributed by atoms with Gasteiger partial charge in [-0.2, -0.15) is 0 Å². The lowest BCUT2D eigenvalue weighted by Gasteiger charge is -2.25. The molecule has 2 aromatic carbocycles. The van der Waals surface area contributed by atoms with E-state index in [0.29, 0.717) is 12.1 Å². The Hall–Kier alpha value is -2.72. The lowest BCUT2D eigenvalue weighted by Crippen LogP contribution is -2.34. The number of hydrogen-bond acceptors (Lipinski definition) is 3. The van der Waals surface area contributed by atoms with Crippen molar-refractivity contribution in [3.05, 3.63) is 77.5 Å². The molecule has 3 aromatic rings. The van der Waals surface area contributed by atoms with Crippen LogP contribution in [0.2, 0.25) is 0 Å². The fraction of sp³-hybridized carbons (Fsp3) is 0.273. The van der Waals surface area contributed by atoms with Gasteiger partial charge in [0, 0.05) is 18.1 Å². The van der Waals surface area contributed by atoms with Crippen LogP contribution in [0.25, 0.3) is 10.9 Å². The van der Waals surface area contributed by atoms with Crippen LogP contribution in [0.4, 0.5) is 0 Å². The van der Waals surface area contributed by atoms with Crippen LogP contribution in [0.3, 0.4) is 0 Å². The monoisotopic (exact) mass is 347 g/mol. The van der Waals surface area contributed by atoms with Gasteiger partial charge in [-0.3, -0.25) is 9.78 Å². The summed E-state index contributed by atoms with van der Waals surface area (Å²) in [6.45, 7) is 2.69. The van der Waals surface area contributed by atoms with E-state index < -0.39 is 0 Å². The summed E-state index contributed by atoms with van der Waals surface area (Å²) >= 11 is 0. The van der Waals surface area contributed by atoms with Crippen molar-refractivity contribution in [2.24, 2.45) is 0 Å². The Morgan fingerprint density at radius 2 is 1.81 bits per heavy atom. The van der Waals surface area contributed by atoms with Gasteiger partial charge in [-0.05, 0) is 43.8 Å². The zero-order valence-electron chi connectivity index (χ0n) is 15.6. The minimum atomic E-state index is -0.0914. The van der Waals surface area contributed by atoms with Crippen LogP contribution in [0.5, 0.6) is 0 Å². The number of carbonyl (C=O) groups excluding carboxylic acids is 1. The smallest absolute Gasteiger partial charge is 0.253 e. The quantitative estimate of drug-likeness (QED) is 0.737. The average molecular weight is 347 g/mol. The first kappa shape index (κ1) is 18.1. The summed E-state index contributed by atoms with van der Waals surface area (Å²) in [5.74, 6) is -0.0914. The van der Waals surface area contributed by atoms with Gasteiger partial charge in [0.1, 0.15) is 0 Å². The number of para-hydroxylation sites is 1. The number of benzene rings is 2. The van der Waals surface area contributed by atoms with Crippen molar-refractivity contribution in [2.45, 2.75) is 19.4 Å². The second-order valence-corrected chi connectivity index (χ2v) is 6.67. The van der Waals surface area contributed by atoms with Gasteiger partial charge < -0.3 is 10.2 Å². The number of nitrogens with one attached hydrogen (secondary N) is 1. The van der Waals surface area contributed by atoms with Crippen molar-refractivity contribution < 1.29 is 4.79 Å². The third-order valence-corrected chi connectivity index (χ3v) is 4.73. The van der Waals surface area contributed by atoms with E-state index in [-0.39, 0.29) is 11.9 Å². The van der Waals surface area contributed by atoms with E-state index in [2.05, 4.69) is 46.4 Å². The molecule has 0 bridgehead atoms. The summed E-state index contributed by atoms with van der Waals surface area (Å²) < 4.78 is 0. The largest absolute Gasteiger partial charge is 0.350 e. The summed E-state index contributed by atoms with van der Waals surface area (Å²) in [7, 11) is 4.06. The number of pyridine rings is 1. The molecule has 3 rings (SSSR count). The van der Waals surface area contributed by atoms with Crippen molar-refractivity contribution in [1.29, 1.82) is 0 Å². The van der Waals surface area contributed by atoms with Gasteiger partial charge in [0.05, 0.1) is 17.1 Å². The van der Waals surface area contributed by atoms with Crippen molar-refractivity contribution >= 4 is 16.8 Å². The van der Waals surface area contributed by atoms with Crippen LogP contribution < -0.4 is 5.32 Å². The molecule has 1 aromatic heterocycles. The molecule has 1 atom stereocenters. The highest BCUT2D eigenvalue weighted by Gasteiger charge is 2.17. The van der Waals surface area contributed by atoms with Crippen molar-refractivity contribution in [2.75, 3.05) is 20.6 Å². The van der Waals surface area contributed by atoms with Crippen LogP contribution in [0.15, 0.2) is 60.8 Å². The lowest BCUT2D eigenvalue weighted by atomic mass is 10.0. The molecule has 0 aliphatic carbocycles. The van der Waals surface area contributed by atoms with Crippen molar-refractivity contribution in [3.8, 4) is 0 Å². The molecule has 0 aliphatic rings. The summed E-state index contributed by atoms with van der Waals surface area (Å²) in [6, 6.07) is 18.3. The van der Waals surface area contributed by atoms with Crippen LogP contribution in [0.1, 0.15) is 34.5 Å². The first-order chi connectivity index (χ1) is 12.6. The minimum absolute atomic E-state index is 0.0914. The fourth-order valence-electron chi connectivity index (χ4n) is 3.15. The molecule has 0 aliphatic heterocycles. The van der Waals surface area contributed by atoms with E-state index in [4.69, 9.17) is 0 Å². The van der Waals surface area contributed by atoms with E-state index in [0.717, 1.165) is 17.3 Å². The Labute approximate surface area is 154 Å². The molecule has 4 heteroatoms. The van der Waals surface area contributed by atoms with Gasteiger partial charge >= 0.3 is 0 Å². The third kappa shape index (κ3) is 3.92. The second-order valence-electron chi connectivity index (χ2n) is 6.67. The molecule has 1 amide bonds. The number of aryl methyl sites for hydroxylation is 1. The normalized spacial score (nSPS) is 12.3. The Kier molecular flexibility index (Phi) is 5.64. The highest BCUT2D eigenvalue weighted by Crippen LogP contribution is 2.20. The number of fused-ring (bicyclic) bond motifs is 1. The van der Waals surface area contributed by atoms with E-state index >= 15 is 0 Å². The molecule has 0 spiro atoms. The Morgan fingerprint density at radius 1 is 1.08 bits per heavy atom. The number of nitrogens with zero attached hydrogens (tertiary/aromatic N) is 2. The number of aromatic nitrogens is 1. The SMILES string of the molecule is CCc1ccc([C@H](CNC(=O)c2cccc3cccnc23)N(C)C)cc1. The summed E-state index contributed by atoms with van der Waals surface area (Å²) in [6.07, 6.45) is 2.74. The van der Waals surface area contributed by atoms with Crippen molar-refractivity contribution in [1.82, 2.24) is 15.2 Å². The molecule has 134 valence electrons. The maximum absolute atomic E-state index is 12.7. The van der Waals surface area contributed by atoms with Crippen molar-refractivity contribution in [3.63, 3.8) is 0 Å². The third-order valence-electron chi connectivity index (χ3n) is 4.73. The van der Waals surface area contributed by atoms with Gasteiger partial charge in [0.25, 0.3) is 5.91 Å². The van der Waals surface area contributed by atoms with Crippen LogP contribution >= 0.6 is 0 Å². The van der Waals surface area contributed by atoms with E-state index in [1.165, 1.54) is 11.1 Å². The fourth-order valence-corrected chi connectivity index (χ4v) is 3.15. The predicted molar refractivity (Wildman–Crippen MR) is 106 cm³/mol. The van der Waals surface area contributed by atoms with Gasteiger partial charge in [0.2, 0.25) is 0 Å². The summed E-state index contributed by atoms with van der Waals surface area (Å²) in [5, 5.41) is 4.05. The molecular formula is C22H25N3O. The summed E-state index contributed by atoms with van der Waals surface area (Å²) in [4.78, 5) is 19.2. The zero-order valence-corrected chi connectivity index (χ0v) is 15.6. The topological polar surface area (TPSA) is 45.2 Å². The van der Waals surface area contributed by atoms with E-state index in [1.807, 2.05) is 44.4 Å². The van der Waals surface area contributed by atoms with Crippen LogP contribution in [0, 0.1) is 0 Å². The highest BCUT2D eigenvalue weighted by atomic mass is 16.1. The first-order valence-electron chi connectivity index (χ1n) is 8.97. The molecule has 1 N–H and O–H groups in total. The number of hydrogen-bond donors (Lipinski definition) is 1. The Bertz CT molecular complexity index is 882. The molecule has 4 nitrogen and oxygen atoms in total. The molecule has 1 heterocycles. The first-order valence-corrected chi connectivity index (χ1v) is 8.97. The number of carbonyl (C=O) groups is 1. The lowest BCUT2D eigenvalue weighted by molar-refractivity contribution is 0.0943. The molecular weight excluding hydrogens is 322 g/mol. The second kappa shape index (κ2) is 8.11. The van der Waals surface area contributed by atoms with E-state index in [1.54, 1.807) is 6.20 Å². The minimum Gasteiger partial charge on any atom is -0.350 e. The molecule has 26 heavy (non-hydrogen) atoms. The zero-order chi connectivity index (χ0) is 18.5. The predicted octanol–water partition coefficient (Wildman–Crippen LogP) is 3.83. The van der Waals surface area contributed by atoms with Gasteiger partial charge in [-0.15, -0.1) is 0 Å². The van der Waals surface area contributed by atoms with Gasteiger partial charge in [-0.25, -0.2) is 0 Å². The molecule has 0 fully saturated rings. The maximum atomic E-state index is 12.7. The van der Waals surface area contributed by atoms with Gasteiger partial charge in [-0.1, -0.05) is 49.4 Å². The Morgan fingerprint density at radius 3 is 2.50 bits per heavy atom. The average Bonchev–Trinajstić information content (AvgIpc) is 2.67. The molecule has 0 unspecified atom stereocenters. The Balaban J connectivity index is 1.77. The number of rotatable bonds is 6. The summed E-state index contributed by atoms with van der Waals surface area (Å²) in [5.41, 5.74) is 3.86. The van der Waals surface area contributed by atoms with Crippen LogP contribution in [-0.2, 0) is 6.42 Å². The van der Waals surface area contributed by atoms with E-state index in [9.17, 15) is 4.79 Å². The standard InChI is InChI=1S/C22H25N3O/c1-4-16-10-12-17(13-11-16)20(25(2)3)15-24-22(26)19-9-5-7-18-8-6-14-23-21(18)19/h5-14,20H,4,15H2,1-3H3,(H,24,26)/t20-/m0/s1. The maximum Gasteiger partial charge on any atom is 0.253 e. The highest BCUT2D eigenvalue weighted by molar-refractivity contribution is 6.05.